The van der Waals surface area contributed by atoms with Crippen LogP contribution in [0.2, 0.25) is 0 Å². The second-order valence-electron chi connectivity index (χ2n) is 6.10. The Morgan fingerprint density at radius 1 is 1.20 bits per heavy atom. The van der Waals surface area contributed by atoms with E-state index in [9.17, 15) is 9.59 Å². The molecule has 0 fully saturated rings. The van der Waals surface area contributed by atoms with E-state index in [-0.39, 0.29) is 17.6 Å². The van der Waals surface area contributed by atoms with E-state index in [1.54, 1.807) is 12.1 Å². The summed E-state index contributed by atoms with van der Waals surface area (Å²) in [4.78, 5) is 29.3. The number of nitrogens with one attached hydrogen (secondary N) is 2. The van der Waals surface area contributed by atoms with Crippen molar-refractivity contribution in [2.24, 2.45) is 5.92 Å². The zero-order valence-corrected chi connectivity index (χ0v) is 15.0. The first kappa shape index (κ1) is 17.2. The van der Waals surface area contributed by atoms with Gasteiger partial charge in [-0.3, -0.25) is 9.59 Å². The number of anilines is 1. The van der Waals surface area contributed by atoms with Crippen molar-refractivity contribution in [3.8, 4) is 0 Å². The molecule has 0 aliphatic carbocycles. The molecular formula is C18H19N3O3S. The maximum atomic E-state index is 12.6. The van der Waals surface area contributed by atoms with Crippen LogP contribution in [0.4, 0.5) is 5.13 Å². The number of aromatic nitrogens is 1. The number of aryl methyl sites for hydroxylation is 1. The van der Waals surface area contributed by atoms with Gasteiger partial charge in [-0.15, -0.1) is 0 Å². The minimum absolute atomic E-state index is 0.0879. The van der Waals surface area contributed by atoms with Gasteiger partial charge in [-0.2, -0.15) is 0 Å². The van der Waals surface area contributed by atoms with Crippen LogP contribution in [0.5, 0.6) is 0 Å². The molecule has 0 saturated carbocycles. The Bertz CT molecular complexity index is 900. The number of fused-ring (bicyclic) bond motifs is 1. The normalized spacial score (nSPS) is 12.3. The van der Waals surface area contributed by atoms with E-state index in [1.165, 1.54) is 17.6 Å². The fourth-order valence-corrected chi connectivity index (χ4v) is 3.42. The highest BCUT2D eigenvalue weighted by molar-refractivity contribution is 7.22. The minimum atomic E-state index is -0.689. The Balaban J connectivity index is 1.76. The van der Waals surface area contributed by atoms with Crippen LogP contribution < -0.4 is 10.6 Å². The summed E-state index contributed by atoms with van der Waals surface area (Å²) in [5.41, 5.74) is 1.93. The van der Waals surface area contributed by atoms with Crippen molar-refractivity contribution >= 4 is 38.5 Å². The molecule has 25 heavy (non-hydrogen) atoms. The van der Waals surface area contributed by atoms with Crippen molar-refractivity contribution in [1.82, 2.24) is 10.3 Å². The number of carbonyl (C=O) groups excluding carboxylic acids is 2. The lowest BCUT2D eigenvalue weighted by atomic mass is 10.0. The van der Waals surface area contributed by atoms with E-state index in [2.05, 4.69) is 15.6 Å². The van der Waals surface area contributed by atoms with E-state index >= 15 is 0 Å². The van der Waals surface area contributed by atoms with Crippen molar-refractivity contribution < 1.29 is 14.0 Å². The lowest BCUT2D eigenvalue weighted by molar-refractivity contribution is -0.118. The number of furan rings is 1. The number of nitrogens with zero attached hydrogens (tertiary/aromatic N) is 1. The Kier molecular flexibility index (Phi) is 4.85. The number of carbonyl (C=O) groups is 2. The number of rotatable bonds is 5. The van der Waals surface area contributed by atoms with E-state index in [0.29, 0.717) is 5.13 Å². The number of thiazole rings is 1. The van der Waals surface area contributed by atoms with Gasteiger partial charge in [0, 0.05) is 0 Å². The largest absolute Gasteiger partial charge is 0.459 e. The zero-order chi connectivity index (χ0) is 18.0. The molecule has 0 aliphatic rings. The Hall–Kier alpha value is -2.67. The molecule has 2 aromatic heterocycles. The van der Waals surface area contributed by atoms with Gasteiger partial charge in [0.25, 0.3) is 5.91 Å². The number of benzene rings is 1. The molecule has 0 unspecified atom stereocenters. The van der Waals surface area contributed by atoms with Crippen LogP contribution in [0.25, 0.3) is 10.2 Å². The van der Waals surface area contributed by atoms with E-state index in [0.717, 1.165) is 15.8 Å². The summed E-state index contributed by atoms with van der Waals surface area (Å²) in [6.07, 6.45) is 1.42. The molecule has 0 aliphatic heterocycles. The molecule has 2 heterocycles. The molecule has 3 aromatic rings. The second kappa shape index (κ2) is 7.06. The molecular weight excluding hydrogens is 338 g/mol. The second-order valence-corrected chi connectivity index (χ2v) is 7.13. The quantitative estimate of drug-likeness (QED) is 0.731. The molecule has 0 spiro atoms. The Morgan fingerprint density at radius 2 is 2.00 bits per heavy atom. The number of hydrogen-bond donors (Lipinski definition) is 2. The van der Waals surface area contributed by atoms with Gasteiger partial charge in [0.05, 0.1) is 16.5 Å². The maximum Gasteiger partial charge on any atom is 0.287 e. The van der Waals surface area contributed by atoms with Crippen molar-refractivity contribution in [3.05, 3.63) is 47.9 Å². The number of para-hydroxylation sites is 1. The lowest BCUT2D eigenvalue weighted by Gasteiger charge is -2.20. The average molecular weight is 357 g/mol. The maximum absolute atomic E-state index is 12.6. The summed E-state index contributed by atoms with van der Waals surface area (Å²) < 4.78 is 6.08. The topological polar surface area (TPSA) is 84.2 Å². The van der Waals surface area contributed by atoms with Crippen molar-refractivity contribution in [3.63, 3.8) is 0 Å². The van der Waals surface area contributed by atoms with Crippen LogP contribution in [0.15, 0.2) is 41.0 Å². The van der Waals surface area contributed by atoms with Crippen molar-refractivity contribution in [1.29, 1.82) is 0 Å². The van der Waals surface area contributed by atoms with Gasteiger partial charge in [-0.25, -0.2) is 4.98 Å². The molecule has 6 nitrogen and oxygen atoms in total. The molecule has 2 N–H and O–H groups in total. The molecule has 0 radical (unpaired) electrons. The van der Waals surface area contributed by atoms with Crippen LogP contribution >= 0.6 is 11.3 Å². The Labute approximate surface area is 149 Å². The summed E-state index contributed by atoms with van der Waals surface area (Å²) >= 11 is 1.41. The van der Waals surface area contributed by atoms with Crippen molar-refractivity contribution in [2.45, 2.75) is 26.8 Å². The molecule has 130 valence electrons. The highest BCUT2D eigenvalue weighted by Gasteiger charge is 2.26. The lowest BCUT2D eigenvalue weighted by Crippen LogP contribution is -2.47. The number of hydrogen-bond acceptors (Lipinski definition) is 5. The average Bonchev–Trinajstić information content (AvgIpc) is 3.21. The highest BCUT2D eigenvalue weighted by Crippen LogP contribution is 2.28. The summed E-state index contributed by atoms with van der Waals surface area (Å²) in [6, 6.07) is 8.40. The fraction of sp³-hybridized carbons (Fsp3) is 0.278. The van der Waals surface area contributed by atoms with Gasteiger partial charge in [0.2, 0.25) is 5.91 Å². The van der Waals surface area contributed by atoms with Crippen LogP contribution in [-0.4, -0.2) is 22.8 Å². The van der Waals surface area contributed by atoms with Gasteiger partial charge >= 0.3 is 0 Å². The smallest absolute Gasteiger partial charge is 0.287 e. The first-order valence-electron chi connectivity index (χ1n) is 7.97. The van der Waals surface area contributed by atoms with Crippen LogP contribution in [0.1, 0.15) is 30.0 Å². The van der Waals surface area contributed by atoms with Crippen LogP contribution in [0, 0.1) is 12.8 Å². The summed E-state index contributed by atoms with van der Waals surface area (Å²) in [7, 11) is 0. The van der Waals surface area contributed by atoms with E-state index in [4.69, 9.17) is 4.42 Å². The fourth-order valence-electron chi connectivity index (χ4n) is 2.48. The first-order valence-corrected chi connectivity index (χ1v) is 8.78. The molecule has 0 bridgehead atoms. The predicted octanol–water partition coefficient (Wildman–Crippen LogP) is 3.59. The highest BCUT2D eigenvalue weighted by atomic mass is 32.1. The molecule has 7 heteroatoms. The third-order valence-corrected chi connectivity index (χ3v) is 4.77. The van der Waals surface area contributed by atoms with E-state index in [1.807, 2.05) is 39.0 Å². The molecule has 1 aromatic carbocycles. The van der Waals surface area contributed by atoms with Gasteiger partial charge < -0.3 is 15.1 Å². The van der Waals surface area contributed by atoms with Gasteiger partial charge in [-0.05, 0) is 36.6 Å². The minimum Gasteiger partial charge on any atom is -0.459 e. The predicted molar refractivity (Wildman–Crippen MR) is 97.8 cm³/mol. The molecule has 1 atom stereocenters. The SMILES string of the molecule is Cc1cccc2sc(NC(=O)[C@@H](NC(=O)c3ccco3)C(C)C)nc12. The number of amides is 2. The van der Waals surface area contributed by atoms with Crippen molar-refractivity contribution in [2.75, 3.05) is 5.32 Å². The molecule has 2 amide bonds. The van der Waals surface area contributed by atoms with E-state index < -0.39 is 11.9 Å². The third-order valence-electron chi connectivity index (χ3n) is 3.83. The zero-order valence-electron chi connectivity index (χ0n) is 14.2. The third kappa shape index (κ3) is 3.71. The molecule has 3 rings (SSSR count). The first-order chi connectivity index (χ1) is 12.0. The summed E-state index contributed by atoms with van der Waals surface area (Å²) in [5, 5.41) is 6.05. The Morgan fingerprint density at radius 3 is 2.64 bits per heavy atom. The van der Waals surface area contributed by atoms with Gasteiger partial charge in [0.15, 0.2) is 10.9 Å². The monoisotopic (exact) mass is 357 g/mol. The summed E-state index contributed by atoms with van der Waals surface area (Å²) in [6.45, 7) is 5.72. The van der Waals surface area contributed by atoms with Crippen LogP contribution in [0.3, 0.4) is 0 Å². The van der Waals surface area contributed by atoms with Gasteiger partial charge in [-0.1, -0.05) is 37.3 Å². The summed E-state index contributed by atoms with van der Waals surface area (Å²) in [5.74, 6) is -0.630. The molecule has 0 saturated heterocycles. The standard InChI is InChI=1S/C18H19N3O3S/c1-10(2)14(19-16(22)12-7-5-9-24-12)17(23)21-18-20-15-11(3)6-4-8-13(15)25-18/h4-10,14H,1-3H3,(H,19,22)(H,20,21,23)/t14-/m0/s1. The van der Waals surface area contributed by atoms with Crippen LogP contribution in [-0.2, 0) is 4.79 Å². The van der Waals surface area contributed by atoms with Gasteiger partial charge in [0.1, 0.15) is 6.04 Å².